The number of rotatable bonds is 8. The Hall–Kier alpha value is -0.450. The Labute approximate surface area is 120 Å². The predicted octanol–water partition coefficient (Wildman–Crippen LogP) is 3.84. The van der Waals surface area contributed by atoms with Crippen molar-refractivity contribution >= 4 is 11.3 Å². The Kier molecular flexibility index (Phi) is 6.28. The fourth-order valence-corrected chi connectivity index (χ4v) is 3.30. The molecule has 19 heavy (non-hydrogen) atoms. The van der Waals surface area contributed by atoms with Crippen molar-refractivity contribution in [1.82, 2.24) is 10.3 Å². The summed E-state index contributed by atoms with van der Waals surface area (Å²) in [6.45, 7) is 6.33. The molecule has 1 saturated heterocycles. The molecule has 0 amide bonds. The van der Waals surface area contributed by atoms with Gasteiger partial charge in [0, 0.05) is 12.0 Å². The first-order valence-electron chi connectivity index (χ1n) is 7.56. The summed E-state index contributed by atoms with van der Waals surface area (Å²) in [5, 5.41) is 7.00. The average molecular weight is 282 g/mol. The number of nitrogens with one attached hydrogen (secondary N) is 1. The third-order valence-electron chi connectivity index (χ3n) is 3.68. The van der Waals surface area contributed by atoms with Crippen molar-refractivity contribution < 1.29 is 4.74 Å². The van der Waals surface area contributed by atoms with Gasteiger partial charge in [0.2, 0.25) is 0 Å². The molecule has 1 aromatic heterocycles. The lowest BCUT2D eigenvalue weighted by atomic mass is 10.0. The predicted molar refractivity (Wildman–Crippen MR) is 80.7 cm³/mol. The van der Waals surface area contributed by atoms with Gasteiger partial charge in [0.1, 0.15) is 0 Å². The van der Waals surface area contributed by atoms with E-state index in [4.69, 9.17) is 4.74 Å². The summed E-state index contributed by atoms with van der Waals surface area (Å²) in [6.07, 6.45) is 7.78. The van der Waals surface area contributed by atoms with Gasteiger partial charge < -0.3 is 10.1 Å². The first-order valence-corrected chi connectivity index (χ1v) is 8.44. The first-order chi connectivity index (χ1) is 9.29. The van der Waals surface area contributed by atoms with Gasteiger partial charge in [-0.3, -0.25) is 0 Å². The van der Waals surface area contributed by atoms with E-state index in [9.17, 15) is 0 Å². The highest BCUT2D eigenvalue weighted by atomic mass is 32.1. The van der Waals surface area contributed by atoms with Gasteiger partial charge in [-0.15, -0.1) is 11.3 Å². The van der Waals surface area contributed by atoms with Crippen LogP contribution in [0.4, 0.5) is 0 Å². The highest BCUT2D eigenvalue weighted by Crippen LogP contribution is 2.24. The Morgan fingerprint density at radius 2 is 2.47 bits per heavy atom. The van der Waals surface area contributed by atoms with Crippen molar-refractivity contribution in [2.75, 3.05) is 13.2 Å². The topological polar surface area (TPSA) is 34.1 Å². The Bertz CT molecular complexity index is 361. The number of nitrogens with zero attached hydrogens (tertiary/aromatic N) is 1. The van der Waals surface area contributed by atoms with Crippen LogP contribution in [-0.4, -0.2) is 24.2 Å². The molecular weight excluding hydrogens is 256 g/mol. The molecule has 1 aliphatic rings. The van der Waals surface area contributed by atoms with E-state index in [1.54, 1.807) is 11.3 Å². The molecule has 0 radical (unpaired) electrons. The van der Waals surface area contributed by atoms with Crippen LogP contribution in [0, 0.1) is 6.92 Å². The second kappa shape index (κ2) is 7.98. The van der Waals surface area contributed by atoms with E-state index in [-0.39, 0.29) is 0 Å². The second-order valence-electron chi connectivity index (χ2n) is 5.36. The average Bonchev–Trinajstić information content (AvgIpc) is 3.05. The minimum atomic E-state index is 0.423. The highest BCUT2D eigenvalue weighted by molar-refractivity contribution is 7.09. The molecule has 2 unspecified atom stereocenters. The number of aromatic nitrogens is 1. The standard InChI is InChI=1S/C15H26N2OS/c1-3-9-16-14(15-11-19-12(2)17-15)8-4-6-13-7-5-10-18-13/h11,13-14,16H,3-10H2,1-2H3. The molecule has 3 nitrogen and oxygen atoms in total. The number of ether oxygens (including phenoxy) is 1. The van der Waals surface area contributed by atoms with E-state index >= 15 is 0 Å². The smallest absolute Gasteiger partial charge is 0.0898 e. The normalized spacial score (nSPS) is 20.8. The molecule has 0 aromatic carbocycles. The summed E-state index contributed by atoms with van der Waals surface area (Å²) in [7, 11) is 0. The zero-order valence-electron chi connectivity index (χ0n) is 12.2. The van der Waals surface area contributed by atoms with Crippen molar-refractivity contribution in [2.24, 2.45) is 0 Å². The van der Waals surface area contributed by atoms with Crippen LogP contribution in [0.2, 0.25) is 0 Å². The van der Waals surface area contributed by atoms with Crippen LogP contribution in [0.5, 0.6) is 0 Å². The van der Waals surface area contributed by atoms with E-state index in [1.165, 1.54) is 44.2 Å². The van der Waals surface area contributed by atoms with Crippen LogP contribution in [0.1, 0.15) is 62.2 Å². The summed E-state index contributed by atoms with van der Waals surface area (Å²) in [5.74, 6) is 0. The van der Waals surface area contributed by atoms with Gasteiger partial charge in [0.25, 0.3) is 0 Å². The number of aryl methyl sites for hydroxylation is 1. The van der Waals surface area contributed by atoms with E-state index in [0.717, 1.165) is 18.2 Å². The van der Waals surface area contributed by atoms with Crippen LogP contribution in [-0.2, 0) is 4.74 Å². The van der Waals surface area contributed by atoms with Crippen LogP contribution < -0.4 is 5.32 Å². The van der Waals surface area contributed by atoms with Crippen molar-refractivity contribution in [2.45, 2.75) is 64.5 Å². The molecule has 108 valence electrons. The molecule has 2 heterocycles. The summed E-state index contributed by atoms with van der Waals surface area (Å²) in [5.41, 5.74) is 1.23. The Morgan fingerprint density at radius 3 is 3.11 bits per heavy atom. The number of hydrogen-bond donors (Lipinski definition) is 1. The molecule has 0 saturated carbocycles. The maximum atomic E-state index is 5.69. The molecule has 0 aliphatic carbocycles. The van der Waals surface area contributed by atoms with E-state index < -0.39 is 0 Å². The van der Waals surface area contributed by atoms with Crippen LogP contribution >= 0.6 is 11.3 Å². The lowest BCUT2D eigenvalue weighted by molar-refractivity contribution is 0.101. The third kappa shape index (κ3) is 4.86. The maximum Gasteiger partial charge on any atom is 0.0898 e. The molecule has 1 N–H and O–H groups in total. The first kappa shape index (κ1) is 14.9. The largest absolute Gasteiger partial charge is 0.378 e. The Balaban J connectivity index is 1.79. The van der Waals surface area contributed by atoms with Crippen LogP contribution in [0.25, 0.3) is 0 Å². The van der Waals surface area contributed by atoms with Gasteiger partial charge in [0.15, 0.2) is 0 Å². The Morgan fingerprint density at radius 1 is 1.58 bits per heavy atom. The highest BCUT2D eigenvalue weighted by Gasteiger charge is 2.17. The van der Waals surface area contributed by atoms with Crippen molar-refractivity contribution in [3.63, 3.8) is 0 Å². The number of thiazole rings is 1. The fourth-order valence-electron chi connectivity index (χ4n) is 2.63. The molecule has 2 atom stereocenters. The van der Waals surface area contributed by atoms with Gasteiger partial charge in [-0.2, -0.15) is 0 Å². The maximum absolute atomic E-state index is 5.69. The zero-order chi connectivity index (χ0) is 13.5. The molecule has 2 rings (SSSR count). The van der Waals surface area contributed by atoms with Gasteiger partial charge in [0.05, 0.1) is 22.8 Å². The van der Waals surface area contributed by atoms with E-state index in [0.29, 0.717) is 12.1 Å². The summed E-state index contributed by atoms with van der Waals surface area (Å²) in [6, 6.07) is 0.423. The summed E-state index contributed by atoms with van der Waals surface area (Å²) in [4.78, 5) is 4.64. The van der Waals surface area contributed by atoms with Gasteiger partial charge in [-0.05, 0) is 52.0 Å². The van der Waals surface area contributed by atoms with Crippen LogP contribution in [0.3, 0.4) is 0 Å². The lowest BCUT2D eigenvalue weighted by Gasteiger charge is -2.17. The summed E-state index contributed by atoms with van der Waals surface area (Å²) >= 11 is 1.75. The van der Waals surface area contributed by atoms with Crippen LogP contribution in [0.15, 0.2) is 5.38 Å². The molecule has 1 aromatic rings. The molecule has 1 aliphatic heterocycles. The van der Waals surface area contributed by atoms with E-state index in [1.807, 2.05) is 0 Å². The molecule has 1 fully saturated rings. The SMILES string of the molecule is CCCNC(CCCC1CCCO1)c1csc(C)n1. The van der Waals surface area contributed by atoms with Crippen molar-refractivity contribution in [1.29, 1.82) is 0 Å². The minimum Gasteiger partial charge on any atom is -0.378 e. The molecular formula is C15H26N2OS. The summed E-state index contributed by atoms with van der Waals surface area (Å²) < 4.78 is 5.69. The molecule has 0 bridgehead atoms. The van der Waals surface area contributed by atoms with Gasteiger partial charge >= 0.3 is 0 Å². The zero-order valence-corrected chi connectivity index (χ0v) is 13.0. The monoisotopic (exact) mass is 282 g/mol. The fraction of sp³-hybridized carbons (Fsp3) is 0.800. The van der Waals surface area contributed by atoms with Crippen molar-refractivity contribution in [3.05, 3.63) is 16.1 Å². The number of hydrogen-bond acceptors (Lipinski definition) is 4. The van der Waals surface area contributed by atoms with Gasteiger partial charge in [-0.25, -0.2) is 4.98 Å². The molecule has 0 spiro atoms. The van der Waals surface area contributed by atoms with Crippen molar-refractivity contribution in [3.8, 4) is 0 Å². The quantitative estimate of drug-likeness (QED) is 0.786. The second-order valence-corrected chi connectivity index (χ2v) is 6.43. The lowest BCUT2D eigenvalue weighted by Crippen LogP contribution is -2.23. The minimum absolute atomic E-state index is 0.423. The third-order valence-corrected chi connectivity index (χ3v) is 4.47. The molecule has 4 heteroatoms. The van der Waals surface area contributed by atoms with E-state index in [2.05, 4.69) is 29.5 Å². The van der Waals surface area contributed by atoms with Gasteiger partial charge in [-0.1, -0.05) is 6.92 Å².